The van der Waals surface area contributed by atoms with Crippen molar-refractivity contribution in [2.45, 2.75) is 12.3 Å². The highest BCUT2D eigenvalue weighted by Gasteiger charge is 2.17. The molecule has 0 bridgehead atoms. The van der Waals surface area contributed by atoms with Crippen LogP contribution in [0.2, 0.25) is 5.02 Å². The molecule has 1 unspecified atom stereocenters. The second-order valence-corrected chi connectivity index (χ2v) is 6.67. The van der Waals surface area contributed by atoms with Gasteiger partial charge in [-0.3, -0.25) is 0 Å². The minimum absolute atomic E-state index is 0.273. The standard InChI is InChI=1S/C14H10Br2Cl2/c1-8-2-4-10(13(17)6-8)14(18)11-7-9(15)3-5-12(11)16/h2-7,14H,1H3. The molecule has 0 amide bonds. The van der Waals surface area contributed by atoms with Gasteiger partial charge in [-0.2, -0.15) is 0 Å². The summed E-state index contributed by atoms with van der Waals surface area (Å²) in [6.07, 6.45) is 0. The molecule has 0 radical (unpaired) electrons. The lowest BCUT2D eigenvalue weighted by Gasteiger charge is -2.14. The smallest absolute Gasteiger partial charge is 0.0861 e. The monoisotopic (exact) mass is 406 g/mol. The highest BCUT2D eigenvalue weighted by atomic mass is 79.9. The highest BCUT2D eigenvalue weighted by molar-refractivity contribution is 9.11. The third-order valence-electron chi connectivity index (χ3n) is 2.66. The van der Waals surface area contributed by atoms with E-state index in [0.717, 1.165) is 25.6 Å². The van der Waals surface area contributed by atoms with Crippen molar-refractivity contribution in [2.24, 2.45) is 0 Å². The molecule has 0 heterocycles. The van der Waals surface area contributed by atoms with Crippen LogP contribution in [0, 0.1) is 6.92 Å². The molecule has 0 N–H and O–H groups in total. The van der Waals surface area contributed by atoms with Crippen LogP contribution in [-0.4, -0.2) is 0 Å². The number of halogens is 4. The zero-order valence-corrected chi connectivity index (χ0v) is 14.2. The number of aryl methyl sites for hydroxylation is 1. The molecule has 94 valence electrons. The molecule has 0 aromatic heterocycles. The van der Waals surface area contributed by atoms with E-state index in [1.807, 2.05) is 43.3 Å². The van der Waals surface area contributed by atoms with E-state index in [-0.39, 0.29) is 5.38 Å². The van der Waals surface area contributed by atoms with Gasteiger partial charge in [0.2, 0.25) is 0 Å². The Kier molecular flexibility index (Phi) is 4.76. The first-order chi connectivity index (χ1) is 8.49. The Hall–Kier alpha value is -0.0200. The fourth-order valence-electron chi connectivity index (χ4n) is 1.71. The van der Waals surface area contributed by atoms with Crippen molar-refractivity contribution in [1.82, 2.24) is 0 Å². The van der Waals surface area contributed by atoms with Crippen molar-refractivity contribution >= 4 is 55.1 Å². The van der Waals surface area contributed by atoms with Gasteiger partial charge in [0, 0.05) is 14.0 Å². The molecular weight excluding hydrogens is 399 g/mol. The van der Waals surface area contributed by atoms with E-state index < -0.39 is 0 Å². The predicted octanol–water partition coefficient (Wildman–Crippen LogP) is 6.50. The molecular formula is C14H10Br2Cl2. The lowest BCUT2D eigenvalue weighted by Crippen LogP contribution is -1.96. The maximum atomic E-state index is 6.53. The summed E-state index contributed by atoms with van der Waals surface area (Å²) >= 11 is 19.8. The van der Waals surface area contributed by atoms with Crippen LogP contribution in [-0.2, 0) is 0 Å². The highest BCUT2D eigenvalue weighted by Crippen LogP contribution is 2.38. The van der Waals surface area contributed by atoms with E-state index in [9.17, 15) is 0 Å². The zero-order chi connectivity index (χ0) is 13.3. The number of hydrogen-bond acceptors (Lipinski definition) is 0. The Labute approximate surface area is 134 Å². The van der Waals surface area contributed by atoms with Crippen LogP contribution in [0.5, 0.6) is 0 Å². The van der Waals surface area contributed by atoms with E-state index in [0.29, 0.717) is 5.02 Å². The van der Waals surface area contributed by atoms with Gasteiger partial charge in [0.15, 0.2) is 0 Å². The van der Waals surface area contributed by atoms with Crippen LogP contribution >= 0.6 is 55.1 Å². The van der Waals surface area contributed by atoms with E-state index in [1.165, 1.54) is 0 Å². The minimum atomic E-state index is -0.273. The van der Waals surface area contributed by atoms with E-state index in [1.54, 1.807) is 0 Å². The molecule has 0 saturated carbocycles. The molecule has 1 atom stereocenters. The van der Waals surface area contributed by atoms with Gasteiger partial charge < -0.3 is 0 Å². The van der Waals surface area contributed by atoms with Crippen molar-refractivity contribution < 1.29 is 0 Å². The maximum Gasteiger partial charge on any atom is 0.0861 e. The lowest BCUT2D eigenvalue weighted by molar-refractivity contribution is 1.12. The Morgan fingerprint density at radius 3 is 2.39 bits per heavy atom. The number of rotatable bonds is 2. The predicted molar refractivity (Wildman–Crippen MR) is 85.7 cm³/mol. The normalized spacial score (nSPS) is 12.5. The largest absolute Gasteiger partial charge is 0.112 e. The molecule has 0 aliphatic rings. The first-order valence-electron chi connectivity index (χ1n) is 5.34. The summed E-state index contributed by atoms with van der Waals surface area (Å²) in [6, 6.07) is 11.9. The molecule has 2 rings (SSSR count). The second kappa shape index (κ2) is 5.96. The van der Waals surface area contributed by atoms with Gasteiger partial charge in [0.05, 0.1) is 5.38 Å². The van der Waals surface area contributed by atoms with Crippen LogP contribution < -0.4 is 0 Å². The van der Waals surface area contributed by atoms with E-state index >= 15 is 0 Å². The lowest BCUT2D eigenvalue weighted by atomic mass is 10.0. The molecule has 0 nitrogen and oxygen atoms in total. The molecule has 4 heteroatoms. The second-order valence-electron chi connectivity index (χ2n) is 4.05. The summed E-state index contributed by atoms with van der Waals surface area (Å²) in [5.41, 5.74) is 3.04. The molecule has 18 heavy (non-hydrogen) atoms. The average molecular weight is 409 g/mol. The molecule has 0 saturated heterocycles. The van der Waals surface area contributed by atoms with Crippen molar-refractivity contribution in [3.63, 3.8) is 0 Å². The third kappa shape index (κ3) is 3.11. The summed E-state index contributed by atoms with van der Waals surface area (Å²) in [4.78, 5) is 0. The van der Waals surface area contributed by atoms with Gasteiger partial charge in [-0.05, 0) is 47.9 Å². The van der Waals surface area contributed by atoms with Crippen molar-refractivity contribution in [1.29, 1.82) is 0 Å². The first-order valence-corrected chi connectivity index (χ1v) is 7.74. The molecule has 2 aromatic carbocycles. The maximum absolute atomic E-state index is 6.53. The van der Waals surface area contributed by atoms with Gasteiger partial charge in [-0.1, -0.05) is 55.6 Å². The summed E-state index contributed by atoms with van der Waals surface area (Å²) in [5.74, 6) is 0. The zero-order valence-electron chi connectivity index (χ0n) is 9.55. The number of alkyl halides is 1. The Bertz CT molecular complexity index is 582. The van der Waals surface area contributed by atoms with Crippen molar-refractivity contribution in [3.8, 4) is 0 Å². The van der Waals surface area contributed by atoms with E-state index in [4.69, 9.17) is 23.2 Å². The Morgan fingerprint density at radius 2 is 1.72 bits per heavy atom. The van der Waals surface area contributed by atoms with Crippen molar-refractivity contribution in [2.75, 3.05) is 0 Å². The van der Waals surface area contributed by atoms with E-state index in [2.05, 4.69) is 31.9 Å². The molecule has 2 aromatic rings. The average Bonchev–Trinajstić information content (AvgIpc) is 2.31. The summed E-state index contributed by atoms with van der Waals surface area (Å²) in [5, 5.41) is 0.423. The third-order valence-corrected chi connectivity index (χ3v) is 4.67. The minimum Gasteiger partial charge on any atom is -0.112 e. The molecule has 0 aliphatic heterocycles. The summed E-state index contributed by atoms with van der Waals surface area (Å²) in [7, 11) is 0. The van der Waals surface area contributed by atoms with Crippen LogP contribution in [0.3, 0.4) is 0 Å². The van der Waals surface area contributed by atoms with Crippen LogP contribution in [0.25, 0.3) is 0 Å². The van der Waals surface area contributed by atoms with Crippen LogP contribution in [0.1, 0.15) is 22.1 Å². The molecule has 0 spiro atoms. The Balaban J connectivity index is 2.47. The van der Waals surface area contributed by atoms with Gasteiger partial charge in [0.1, 0.15) is 0 Å². The first kappa shape index (κ1) is 14.4. The fraction of sp³-hybridized carbons (Fsp3) is 0.143. The molecule has 0 aliphatic carbocycles. The van der Waals surface area contributed by atoms with Gasteiger partial charge >= 0.3 is 0 Å². The topological polar surface area (TPSA) is 0 Å². The van der Waals surface area contributed by atoms with Gasteiger partial charge in [-0.15, -0.1) is 11.6 Å². The van der Waals surface area contributed by atoms with Crippen LogP contribution in [0.4, 0.5) is 0 Å². The van der Waals surface area contributed by atoms with Gasteiger partial charge in [-0.25, -0.2) is 0 Å². The summed E-state index contributed by atoms with van der Waals surface area (Å²) in [6.45, 7) is 2.01. The number of benzene rings is 2. The van der Waals surface area contributed by atoms with Crippen molar-refractivity contribution in [3.05, 3.63) is 67.1 Å². The summed E-state index contributed by atoms with van der Waals surface area (Å²) < 4.78 is 1.97. The van der Waals surface area contributed by atoms with Gasteiger partial charge in [0.25, 0.3) is 0 Å². The fourth-order valence-corrected chi connectivity index (χ4v) is 3.47. The molecule has 0 fully saturated rings. The number of hydrogen-bond donors (Lipinski definition) is 0. The Morgan fingerprint density at radius 1 is 1.00 bits per heavy atom. The van der Waals surface area contributed by atoms with Crippen LogP contribution in [0.15, 0.2) is 45.3 Å². The quantitative estimate of drug-likeness (QED) is 0.497. The SMILES string of the molecule is Cc1ccc(C(Cl)c2cc(Br)ccc2Br)c(Cl)c1.